The van der Waals surface area contributed by atoms with Crippen LogP contribution in [0.3, 0.4) is 0 Å². The second-order valence-corrected chi connectivity index (χ2v) is 7.16. The van der Waals surface area contributed by atoms with E-state index in [1.807, 2.05) is 17.0 Å². The van der Waals surface area contributed by atoms with Gasteiger partial charge in [0.05, 0.1) is 17.6 Å². The number of hydrogen-bond donors (Lipinski definition) is 1. The molecule has 136 valence electrons. The van der Waals surface area contributed by atoms with Gasteiger partial charge in [0.15, 0.2) is 10.9 Å². The van der Waals surface area contributed by atoms with Crippen LogP contribution in [0.5, 0.6) is 5.75 Å². The summed E-state index contributed by atoms with van der Waals surface area (Å²) in [5.41, 5.74) is 0.136. The van der Waals surface area contributed by atoms with Gasteiger partial charge in [0.25, 0.3) is 0 Å². The average Bonchev–Trinajstić information content (AvgIpc) is 3.40. The molecular weight excluding hydrogens is 360 g/mol. The number of alkyl halides is 2. The molecule has 1 aliphatic carbocycles. The van der Waals surface area contributed by atoms with Gasteiger partial charge in [0.1, 0.15) is 5.75 Å². The lowest BCUT2D eigenvalue weighted by Gasteiger charge is -2.34. The van der Waals surface area contributed by atoms with Gasteiger partial charge in [-0.2, -0.15) is 8.78 Å². The lowest BCUT2D eigenvalue weighted by molar-refractivity contribution is -0.0533. The van der Waals surface area contributed by atoms with E-state index in [-0.39, 0.29) is 11.8 Å². The van der Waals surface area contributed by atoms with E-state index in [0.29, 0.717) is 11.3 Å². The van der Waals surface area contributed by atoms with E-state index in [2.05, 4.69) is 14.7 Å². The van der Waals surface area contributed by atoms with Crippen molar-refractivity contribution in [3.8, 4) is 5.75 Å². The summed E-state index contributed by atoms with van der Waals surface area (Å²) in [4.78, 5) is 10.6. The molecule has 1 atom stereocenters. The molecule has 1 aliphatic heterocycles. The number of rotatable bonds is 5. The van der Waals surface area contributed by atoms with Crippen LogP contribution in [-0.4, -0.2) is 38.6 Å². The van der Waals surface area contributed by atoms with E-state index >= 15 is 0 Å². The Morgan fingerprint density at radius 1 is 1.27 bits per heavy atom. The van der Waals surface area contributed by atoms with Crippen LogP contribution < -0.4 is 4.74 Å². The summed E-state index contributed by atoms with van der Waals surface area (Å²) >= 11 is 1.48. The number of hydrogen-bond acceptors (Lipinski definition) is 5. The molecule has 26 heavy (non-hydrogen) atoms. The zero-order chi connectivity index (χ0) is 18.1. The van der Waals surface area contributed by atoms with Gasteiger partial charge in [-0.05, 0) is 37.1 Å². The summed E-state index contributed by atoms with van der Waals surface area (Å²) in [6, 6.07) is 10.0. The third-order valence-corrected chi connectivity index (χ3v) is 5.42. The summed E-state index contributed by atoms with van der Waals surface area (Å²) in [5.74, 6) is 0.484. The molecule has 8 heteroatoms. The number of thioether (sulfide) groups is 1. The summed E-state index contributed by atoms with van der Waals surface area (Å²) in [5, 5.41) is 12.1. The van der Waals surface area contributed by atoms with Crippen LogP contribution in [0.15, 0.2) is 53.8 Å². The fourth-order valence-corrected chi connectivity index (χ4v) is 4.24. The quantitative estimate of drug-likeness (QED) is 0.861. The first kappa shape index (κ1) is 17.2. The van der Waals surface area contributed by atoms with Crippen molar-refractivity contribution in [2.24, 2.45) is 4.99 Å². The zero-order valence-electron chi connectivity index (χ0n) is 13.8. The molecule has 5 nitrogen and oxygen atoms in total. The predicted octanol–water partition coefficient (Wildman–Crippen LogP) is 3.73. The van der Waals surface area contributed by atoms with Crippen molar-refractivity contribution in [3.63, 3.8) is 0 Å². The smallest absolute Gasteiger partial charge is 0.387 e. The summed E-state index contributed by atoms with van der Waals surface area (Å²) in [6.07, 6.45) is 5.33. The van der Waals surface area contributed by atoms with Gasteiger partial charge in [-0.15, -0.1) is 0 Å². The largest absolute Gasteiger partial charge is 0.435 e. The van der Waals surface area contributed by atoms with Crippen molar-refractivity contribution >= 4 is 22.6 Å². The molecule has 1 aromatic carbocycles. The van der Waals surface area contributed by atoms with Gasteiger partial charge in [-0.25, -0.2) is 4.99 Å². The molecule has 2 heterocycles. The van der Waals surface area contributed by atoms with E-state index in [4.69, 9.17) is 0 Å². The van der Waals surface area contributed by atoms with E-state index in [1.165, 1.54) is 23.9 Å². The van der Waals surface area contributed by atoms with E-state index in [9.17, 15) is 13.9 Å². The highest BCUT2D eigenvalue weighted by Crippen LogP contribution is 2.46. The Morgan fingerprint density at radius 3 is 2.65 bits per heavy atom. The lowest BCUT2D eigenvalue weighted by atomic mass is 10.0. The average molecular weight is 377 g/mol. The molecule has 0 unspecified atom stereocenters. The van der Waals surface area contributed by atoms with Crippen molar-refractivity contribution in [3.05, 3.63) is 54.4 Å². The molecule has 0 radical (unpaired) electrons. The van der Waals surface area contributed by atoms with Crippen LogP contribution in [0.1, 0.15) is 18.4 Å². The predicted molar refractivity (Wildman–Crippen MR) is 95.6 cm³/mol. The maximum atomic E-state index is 12.3. The fraction of sp³-hybridized carbons (Fsp3) is 0.333. The molecule has 2 aromatic rings. The lowest BCUT2D eigenvalue weighted by Crippen LogP contribution is -2.46. The molecule has 4 rings (SSSR count). The molecule has 1 saturated carbocycles. The Kier molecular flexibility index (Phi) is 4.54. The topological polar surface area (TPSA) is 58.0 Å². The van der Waals surface area contributed by atoms with Crippen molar-refractivity contribution in [2.45, 2.75) is 31.2 Å². The number of benzene rings is 1. The molecule has 1 saturated heterocycles. The summed E-state index contributed by atoms with van der Waals surface area (Å²) in [6.45, 7) is -2.87. The van der Waals surface area contributed by atoms with Crippen molar-refractivity contribution in [2.75, 3.05) is 5.75 Å². The molecule has 2 fully saturated rings. The van der Waals surface area contributed by atoms with Gasteiger partial charge in [0, 0.05) is 17.8 Å². The molecular formula is C18H17F2N3O2S. The molecule has 1 aromatic heterocycles. The molecule has 0 bridgehead atoms. The van der Waals surface area contributed by atoms with Gasteiger partial charge in [0.2, 0.25) is 0 Å². The van der Waals surface area contributed by atoms with Gasteiger partial charge >= 0.3 is 6.61 Å². The molecule has 0 amide bonds. The van der Waals surface area contributed by atoms with Crippen molar-refractivity contribution in [1.82, 2.24) is 9.88 Å². The highest BCUT2D eigenvalue weighted by atomic mass is 32.2. The maximum Gasteiger partial charge on any atom is 0.387 e. The number of halogens is 2. The number of aromatic nitrogens is 1. The maximum absolute atomic E-state index is 12.3. The van der Waals surface area contributed by atoms with E-state index in [1.54, 1.807) is 24.5 Å². The van der Waals surface area contributed by atoms with Gasteiger partial charge in [-0.1, -0.05) is 23.9 Å². The van der Waals surface area contributed by atoms with Gasteiger partial charge < -0.3 is 14.7 Å². The summed E-state index contributed by atoms with van der Waals surface area (Å²) in [7, 11) is 0. The van der Waals surface area contributed by atoms with Crippen LogP contribution in [0.4, 0.5) is 14.5 Å². The minimum absolute atomic E-state index is 0.0697. The number of aliphatic hydroxyl groups is 1. The standard InChI is InChI=1S/C18H17F2N3O2S/c19-16(20)25-15-7-3-12(4-8-15)18(24)11-26-17(23(18)14-5-6-14)22-13-2-1-9-21-10-13/h1-4,7-10,14,16,24H,5-6,11H2/t18-/m0/s1. The van der Waals surface area contributed by atoms with Crippen LogP contribution in [0.25, 0.3) is 0 Å². The Hall–Kier alpha value is -2.19. The van der Waals surface area contributed by atoms with Crippen molar-refractivity contribution < 1.29 is 18.6 Å². The normalized spacial score (nSPS) is 24.5. The first-order chi connectivity index (χ1) is 12.6. The van der Waals surface area contributed by atoms with Crippen LogP contribution in [-0.2, 0) is 5.72 Å². The van der Waals surface area contributed by atoms with Gasteiger partial charge in [-0.3, -0.25) is 4.98 Å². The first-order valence-corrected chi connectivity index (χ1v) is 9.23. The Balaban J connectivity index is 1.64. The van der Waals surface area contributed by atoms with Crippen molar-refractivity contribution in [1.29, 1.82) is 0 Å². The Labute approximate surface area is 153 Å². The van der Waals surface area contributed by atoms with Crippen LogP contribution in [0.2, 0.25) is 0 Å². The van der Waals surface area contributed by atoms with E-state index in [0.717, 1.165) is 23.7 Å². The third-order valence-electron chi connectivity index (χ3n) is 4.33. The van der Waals surface area contributed by atoms with E-state index < -0.39 is 12.3 Å². The van der Waals surface area contributed by atoms with Crippen LogP contribution >= 0.6 is 11.8 Å². The monoisotopic (exact) mass is 377 g/mol. The Bertz CT molecular complexity index is 800. The molecule has 0 spiro atoms. The van der Waals surface area contributed by atoms with Crippen LogP contribution in [0, 0.1) is 0 Å². The fourth-order valence-electron chi connectivity index (χ4n) is 3.00. The number of nitrogens with zero attached hydrogens (tertiary/aromatic N) is 3. The number of ether oxygens (including phenoxy) is 1. The minimum Gasteiger partial charge on any atom is -0.435 e. The second-order valence-electron chi connectivity index (χ2n) is 6.21. The summed E-state index contributed by atoms with van der Waals surface area (Å²) < 4.78 is 29.0. The first-order valence-electron chi connectivity index (χ1n) is 8.25. The number of aliphatic imine (C=N–C) groups is 1. The molecule has 2 aliphatic rings. The zero-order valence-corrected chi connectivity index (χ0v) is 14.6. The second kappa shape index (κ2) is 6.85. The molecule has 1 N–H and O–H groups in total. The SMILES string of the molecule is O[C@]1(c2ccc(OC(F)F)cc2)CSC(=Nc2cccnc2)N1C1CC1. The Morgan fingerprint density at radius 2 is 2.04 bits per heavy atom. The third kappa shape index (κ3) is 3.39. The highest BCUT2D eigenvalue weighted by molar-refractivity contribution is 8.14. The number of amidine groups is 1. The minimum atomic E-state index is -2.87. The number of pyridine rings is 1. The highest BCUT2D eigenvalue weighted by Gasteiger charge is 2.51.